The standard InChI is InChI=1S/C13H12O4/c1-17-9-6-5-8-3-2-4-10(11(8)7-9)12(14)13(15)16/h4-7H,2-3H2,1H3,(H,15,16). The molecule has 0 heterocycles. The van der Waals surface area contributed by atoms with Crippen LogP contribution in [0.2, 0.25) is 0 Å². The monoisotopic (exact) mass is 232 g/mol. The number of carboxylic acid groups (broad SMARTS) is 1. The third-order valence-electron chi connectivity index (χ3n) is 2.81. The first-order chi connectivity index (χ1) is 8.13. The molecule has 1 aromatic carbocycles. The number of rotatable bonds is 3. The maximum Gasteiger partial charge on any atom is 0.377 e. The molecule has 0 aliphatic heterocycles. The summed E-state index contributed by atoms with van der Waals surface area (Å²) in [4.78, 5) is 22.3. The van der Waals surface area contributed by atoms with E-state index in [1.807, 2.05) is 12.1 Å². The summed E-state index contributed by atoms with van der Waals surface area (Å²) >= 11 is 0. The molecule has 2 rings (SSSR count). The lowest BCUT2D eigenvalue weighted by Crippen LogP contribution is -2.17. The zero-order chi connectivity index (χ0) is 12.4. The molecule has 1 N–H and O–H groups in total. The van der Waals surface area contributed by atoms with Crippen LogP contribution < -0.4 is 4.74 Å². The number of fused-ring (bicyclic) bond motifs is 1. The molecule has 0 aromatic heterocycles. The molecular weight excluding hydrogens is 220 g/mol. The second kappa shape index (κ2) is 4.41. The van der Waals surface area contributed by atoms with Crippen LogP contribution >= 0.6 is 0 Å². The number of hydrogen-bond donors (Lipinski definition) is 1. The van der Waals surface area contributed by atoms with E-state index in [2.05, 4.69) is 0 Å². The quantitative estimate of drug-likeness (QED) is 0.805. The van der Waals surface area contributed by atoms with Crippen LogP contribution in [0.5, 0.6) is 5.75 Å². The van der Waals surface area contributed by atoms with Crippen molar-refractivity contribution < 1.29 is 19.4 Å². The van der Waals surface area contributed by atoms with Crippen molar-refractivity contribution in [2.24, 2.45) is 0 Å². The van der Waals surface area contributed by atoms with Crippen molar-refractivity contribution in [1.82, 2.24) is 0 Å². The van der Waals surface area contributed by atoms with E-state index >= 15 is 0 Å². The van der Waals surface area contributed by atoms with Crippen molar-refractivity contribution in [1.29, 1.82) is 0 Å². The Morgan fingerprint density at radius 1 is 1.35 bits per heavy atom. The van der Waals surface area contributed by atoms with Crippen molar-refractivity contribution in [3.63, 3.8) is 0 Å². The van der Waals surface area contributed by atoms with Gasteiger partial charge in [-0.2, -0.15) is 0 Å². The molecule has 0 fully saturated rings. The maximum absolute atomic E-state index is 11.6. The van der Waals surface area contributed by atoms with Crippen molar-refractivity contribution >= 4 is 17.3 Å². The molecule has 4 heteroatoms. The SMILES string of the molecule is COc1ccc2c(c1)C(C(=O)C(=O)O)=CCC2. The van der Waals surface area contributed by atoms with Gasteiger partial charge in [0.25, 0.3) is 5.78 Å². The number of benzene rings is 1. The van der Waals surface area contributed by atoms with E-state index in [1.165, 1.54) is 7.11 Å². The van der Waals surface area contributed by atoms with E-state index < -0.39 is 11.8 Å². The summed E-state index contributed by atoms with van der Waals surface area (Å²) in [6.45, 7) is 0. The molecule has 0 atom stereocenters. The van der Waals surface area contributed by atoms with E-state index in [0.29, 0.717) is 17.7 Å². The summed E-state index contributed by atoms with van der Waals surface area (Å²) in [7, 11) is 1.53. The molecule has 1 aliphatic carbocycles. The van der Waals surface area contributed by atoms with Gasteiger partial charge < -0.3 is 9.84 Å². The Kier molecular flexibility index (Phi) is 2.95. The third-order valence-corrected chi connectivity index (χ3v) is 2.81. The first-order valence-electron chi connectivity index (χ1n) is 5.28. The van der Waals surface area contributed by atoms with E-state index in [4.69, 9.17) is 9.84 Å². The Morgan fingerprint density at radius 3 is 2.76 bits per heavy atom. The predicted molar refractivity (Wildman–Crippen MR) is 61.9 cm³/mol. The number of Topliss-reactive ketones (excluding diaryl/α,β-unsaturated/α-hetero) is 1. The molecule has 88 valence electrons. The van der Waals surface area contributed by atoms with Crippen LogP contribution in [0, 0.1) is 0 Å². The summed E-state index contributed by atoms with van der Waals surface area (Å²) in [5.41, 5.74) is 1.92. The summed E-state index contributed by atoms with van der Waals surface area (Å²) in [5, 5.41) is 8.76. The van der Waals surface area contributed by atoms with Gasteiger partial charge in [0, 0.05) is 5.57 Å². The van der Waals surface area contributed by atoms with Crippen LogP contribution in [0.4, 0.5) is 0 Å². The van der Waals surface area contributed by atoms with Gasteiger partial charge in [0.05, 0.1) is 7.11 Å². The van der Waals surface area contributed by atoms with Gasteiger partial charge in [0.15, 0.2) is 0 Å². The molecule has 1 aromatic rings. The molecule has 0 bridgehead atoms. The van der Waals surface area contributed by atoms with Crippen molar-refractivity contribution in [2.75, 3.05) is 7.11 Å². The lowest BCUT2D eigenvalue weighted by atomic mass is 9.88. The minimum Gasteiger partial charge on any atom is -0.497 e. The average molecular weight is 232 g/mol. The van der Waals surface area contributed by atoms with Crippen molar-refractivity contribution in [3.8, 4) is 5.75 Å². The van der Waals surface area contributed by atoms with Crippen LogP contribution in [0.1, 0.15) is 17.5 Å². The number of hydrogen-bond acceptors (Lipinski definition) is 3. The number of allylic oxidation sites excluding steroid dienone is 1. The van der Waals surface area contributed by atoms with Crippen molar-refractivity contribution in [2.45, 2.75) is 12.8 Å². The molecule has 1 aliphatic rings. The Hall–Kier alpha value is -2.10. The lowest BCUT2D eigenvalue weighted by Gasteiger charge is -2.16. The topological polar surface area (TPSA) is 63.6 Å². The summed E-state index contributed by atoms with van der Waals surface area (Å²) < 4.78 is 5.08. The average Bonchev–Trinajstić information content (AvgIpc) is 2.36. The van der Waals surface area contributed by atoms with Gasteiger partial charge in [-0.3, -0.25) is 4.79 Å². The summed E-state index contributed by atoms with van der Waals surface area (Å²) in [6, 6.07) is 5.39. The fourth-order valence-electron chi connectivity index (χ4n) is 1.96. The minimum atomic E-state index is -1.42. The second-order valence-corrected chi connectivity index (χ2v) is 3.81. The van der Waals surface area contributed by atoms with E-state index in [0.717, 1.165) is 12.0 Å². The largest absolute Gasteiger partial charge is 0.497 e. The van der Waals surface area contributed by atoms with E-state index in [-0.39, 0.29) is 5.57 Å². The first-order valence-corrected chi connectivity index (χ1v) is 5.28. The lowest BCUT2D eigenvalue weighted by molar-refractivity contribution is -0.146. The number of methoxy groups -OCH3 is 1. The third kappa shape index (κ3) is 2.06. The fraction of sp³-hybridized carbons (Fsp3) is 0.231. The number of carbonyl (C=O) groups is 2. The smallest absolute Gasteiger partial charge is 0.377 e. The Balaban J connectivity index is 2.49. The molecule has 0 spiro atoms. The Labute approximate surface area is 98.5 Å². The number of ether oxygens (including phenoxy) is 1. The van der Waals surface area contributed by atoms with Gasteiger partial charge >= 0.3 is 5.97 Å². The highest BCUT2D eigenvalue weighted by molar-refractivity contribution is 6.51. The highest BCUT2D eigenvalue weighted by Crippen LogP contribution is 2.30. The van der Waals surface area contributed by atoms with Crippen LogP contribution in [0.25, 0.3) is 5.57 Å². The Bertz CT molecular complexity index is 514. The van der Waals surface area contributed by atoms with Gasteiger partial charge in [0.1, 0.15) is 5.75 Å². The van der Waals surface area contributed by atoms with Gasteiger partial charge in [-0.25, -0.2) is 4.79 Å². The van der Waals surface area contributed by atoms with Crippen LogP contribution in [0.3, 0.4) is 0 Å². The summed E-state index contributed by atoms with van der Waals surface area (Å²) in [5.74, 6) is -1.67. The minimum absolute atomic E-state index is 0.262. The van der Waals surface area contributed by atoms with Crippen LogP contribution in [-0.2, 0) is 16.0 Å². The molecule has 4 nitrogen and oxygen atoms in total. The first kappa shape index (κ1) is 11.4. The van der Waals surface area contributed by atoms with Gasteiger partial charge in [-0.05, 0) is 36.1 Å². The van der Waals surface area contributed by atoms with E-state index in [1.54, 1.807) is 12.1 Å². The number of carbonyl (C=O) groups excluding carboxylic acids is 1. The van der Waals surface area contributed by atoms with Crippen LogP contribution in [0.15, 0.2) is 24.3 Å². The molecular formula is C13H12O4. The number of aliphatic carboxylic acids is 1. The van der Waals surface area contributed by atoms with Gasteiger partial charge in [-0.15, -0.1) is 0 Å². The van der Waals surface area contributed by atoms with Crippen LogP contribution in [-0.4, -0.2) is 24.0 Å². The fourth-order valence-corrected chi connectivity index (χ4v) is 1.96. The molecule has 0 radical (unpaired) electrons. The van der Waals surface area contributed by atoms with E-state index in [9.17, 15) is 9.59 Å². The maximum atomic E-state index is 11.6. The van der Waals surface area contributed by atoms with Gasteiger partial charge in [0.2, 0.25) is 0 Å². The molecule has 0 saturated carbocycles. The molecule has 0 unspecified atom stereocenters. The van der Waals surface area contributed by atoms with Gasteiger partial charge in [-0.1, -0.05) is 12.1 Å². The molecule has 0 saturated heterocycles. The zero-order valence-corrected chi connectivity index (χ0v) is 9.40. The number of ketones is 1. The number of aryl methyl sites for hydroxylation is 1. The predicted octanol–water partition coefficient (Wildman–Crippen LogP) is 1.68. The summed E-state index contributed by atoms with van der Waals surface area (Å²) in [6.07, 6.45) is 3.18. The normalized spacial score (nSPS) is 13.6. The highest BCUT2D eigenvalue weighted by atomic mass is 16.5. The second-order valence-electron chi connectivity index (χ2n) is 3.81. The number of carboxylic acids is 1. The highest BCUT2D eigenvalue weighted by Gasteiger charge is 2.23. The Morgan fingerprint density at radius 2 is 2.12 bits per heavy atom. The van der Waals surface area contributed by atoms with Crippen molar-refractivity contribution in [3.05, 3.63) is 35.4 Å². The zero-order valence-electron chi connectivity index (χ0n) is 9.40. The molecule has 17 heavy (non-hydrogen) atoms. The molecule has 0 amide bonds.